The first-order valence-electron chi connectivity index (χ1n) is 7.69. The van der Waals surface area contributed by atoms with Crippen molar-refractivity contribution in [1.29, 1.82) is 0 Å². The molecule has 25 heavy (non-hydrogen) atoms. The number of nitrogens with one attached hydrogen (secondary N) is 6. The average molecular weight is 480 g/mol. The fourth-order valence-electron chi connectivity index (χ4n) is 1.60. The molecule has 0 fully saturated rings. The minimum Gasteiger partial charge on any atom is -0.793 e. The van der Waals surface area contributed by atoms with Gasteiger partial charge in [0.05, 0.1) is 0 Å². The maximum Gasteiger partial charge on any atom is 2.00 e. The molecule has 0 saturated carbocycles. The minimum absolute atomic E-state index is 0. The molecule has 0 amide bonds. The predicted molar refractivity (Wildman–Crippen MR) is 109 cm³/mol. The molecule has 0 heterocycles. The quantitative estimate of drug-likeness (QED) is 0.0734. The van der Waals surface area contributed by atoms with E-state index in [0.717, 1.165) is 52.4 Å². The third kappa shape index (κ3) is 22.8. The van der Waals surface area contributed by atoms with Crippen LogP contribution < -0.4 is 31.9 Å². The Morgan fingerprint density at radius 3 is 1.04 bits per heavy atom. The van der Waals surface area contributed by atoms with E-state index in [2.05, 4.69) is 31.9 Å². The van der Waals surface area contributed by atoms with Gasteiger partial charge in [0.25, 0.3) is 0 Å². The monoisotopic (exact) mass is 478 g/mol. The molecular weight excluding hydrogens is 454 g/mol. The van der Waals surface area contributed by atoms with E-state index >= 15 is 0 Å². The van der Waals surface area contributed by atoms with Gasteiger partial charge in [-0.1, -0.05) is 24.4 Å². The summed E-state index contributed by atoms with van der Waals surface area (Å²) in [7, 11) is 0. The summed E-state index contributed by atoms with van der Waals surface area (Å²) < 4.78 is 21.2. The summed E-state index contributed by atoms with van der Waals surface area (Å²) in [6.45, 7) is 8.24. The van der Waals surface area contributed by atoms with Crippen LogP contribution in [-0.2, 0) is 19.5 Å². The Balaban J connectivity index is 0. The Bertz CT molecular complexity index is 304. The summed E-state index contributed by atoms with van der Waals surface area (Å²) in [5.41, 5.74) is 0. The van der Waals surface area contributed by atoms with E-state index in [9.17, 15) is 9.11 Å². The van der Waals surface area contributed by atoms with E-state index in [1.54, 1.807) is 0 Å². The van der Waals surface area contributed by atoms with Crippen LogP contribution in [0.1, 0.15) is 0 Å². The Hall–Kier alpha value is 0.863. The van der Waals surface area contributed by atoms with E-state index in [0.29, 0.717) is 37.2 Å². The summed E-state index contributed by atoms with van der Waals surface area (Å²) in [6.07, 6.45) is 0. The second-order valence-electron chi connectivity index (χ2n) is 4.60. The van der Waals surface area contributed by atoms with Gasteiger partial charge < -0.3 is 41.0 Å². The zero-order chi connectivity index (χ0) is 17.9. The molecule has 0 rings (SSSR count). The molecule has 0 aromatic heterocycles. The summed E-state index contributed by atoms with van der Waals surface area (Å²) in [5.74, 6) is 0. The van der Waals surface area contributed by atoms with Crippen molar-refractivity contribution in [3.63, 3.8) is 0 Å². The number of rotatable bonds is 15. The van der Waals surface area contributed by atoms with Gasteiger partial charge in [-0.2, -0.15) is 24.1 Å². The molecule has 0 aliphatic rings. The SMILES string of the molecule is [O-]SC(=S)NCCNCCNCCNCCNCCNC(=S)S[O-].[Zn+2]. The minimum atomic E-state index is 0. The van der Waals surface area contributed by atoms with Crippen LogP contribution in [0.15, 0.2) is 0 Å². The summed E-state index contributed by atoms with van der Waals surface area (Å²) in [4.78, 5) is 0. The van der Waals surface area contributed by atoms with Gasteiger partial charge in [-0.05, 0) is 0 Å². The molecule has 0 bridgehead atoms. The van der Waals surface area contributed by atoms with E-state index in [1.165, 1.54) is 0 Å². The topological polar surface area (TPSA) is 118 Å². The van der Waals surface area contributed by atoms with Crippen molar-refractivity contribution in [1.82, 2.24) is 31.9 Å². The molecule has 0 radical (unpaired) electrons. The maximum absolute atomic E-state index is 10.3. The molecule has 0 saturated heterocycles. The summed E-state index contributed by atoms with van der Waals surface area (Å²) >= 11 is 10.1. The Morgan fingerprint density at radius 2 is 0.800 bits per heavy atom. The third-order valence-corrected chi connectivity index (χ3v) is 4.02. The fraction of sp³-hybridized carbons (Fsp3) is 0.833. The second kappa shape index (κ2) is 22.9. The van der Waals surface area contributed by atoms with Crippen LogP contribution in [0.2, 0.25) is 0 Å². The first-order valence-corrected chi connectivity index (χ1v) is 9.99. The normalized spacial score (nSPS) is 10.2. The van der Waals surface area contributed by atoms with Crippen molar-refractivity contribution in [2.75, 3.05) is 65.4 Å². The van der Waals surface area contributed by atoms with Crippen LogP contribution in [0, 0.1) is 0 Å². The third-order valence-electron chi connectivity index (χ3n) is 2.73. The molecule has 6 N–H and O–H groups in total. The molecular formula is C12H26N6O2S4Zn. The van der Waals surface area contributed by atoms with E-state index < -0.39 is 0 Å². The van der Waals surface area contributed by atoms with E-state index in [4.69, 9.17) is 24.4 Å². The van der Waals surface area contributed by atoms with Crippen molar-refractivity contribution in [2.45, 2.75) is 0 Å². The van der Waals surface area contributed by atoms with Gasteiger partial charge in [0, 0.05) is 65.4 Å². The van der Waals surface area contributed by atoms with Crippen LogP contribution >= 0.6 is 48.5 Å². The van der Waals surface area contributed by atoms with Crippen molar-refractivity contribution < 1.29 is 28.6 Å². The molecule has 0 aliphatic heterocycles. The van der Waals surface area contributed by atoms with Gasteiger partial charge in [-0.3, -0.25) is 0 Å². The van der Waals surface area contributed by atoms with Crippen molar-refractivity contribution in [3.05, 3.63) is 0 Å². The van der Waals surface area contributed by atoms with Crippen LogP contribution in [0.5, 0.6) is 0 Å². The molecule has 8 nitrogen and oxygen atoms in total. The van der Waals surface area contributed by atoms with Gasteiger partial charge in [-0.15, -0.1) is 0 Å². The van der Waals surface area contributed by atoms with E-state index in [-0.39, 0.29) is 28.1 Å². The first-order chi connectivity index (χ1) is 11.7. The van der Waals surface area contributed by atoms with Crippen molar-refractivity contribution in [2.24, 2.45) is 0 Å². The maximum atomic E-state index is 10.3. The molecule has 0 aliphatic carbocycles. The Morgan fingerprint density at radius 1 is 0.560 bits per heavy atom. The molecule has 0 spiro atoms. The van der Waals surface area contributed by atoms with Crippen molar-refractivity contribution >= 4 is 57.2 Å². The van der Waals surface area contributed by atoms with Gasteiger partial charge >= 0.3 is 19.5 Å². The zero-order valence-electron chi connectivity index (χ0n) is 14.2. The molecule has 142 valence electrons. The Labute approximate surface area is 182 Å². The van der Waals surface area contributed by atoms with Gasteiger partial charge in [0.2, 0.25) is 0 Å². The largest absolute Gasteiger partial charge is 2.00 e. The summed E-state index contributed by atoms with van der Waals surface area (Å²) in [6, 6.07) is 0. The number of hydrogen-bond acceptors (Lipinski definition) is 10. The van der Waals surface area contributed by atoms with Gasteiger partial charge in [-0.25, -0.2) is 0 Å². The predicted octanol–water partition coefficient (Wildman–Crippen LogP) is -1.18. The molecule has 0 unspecified atom stereocenters. The van der Waals surface area contributed by atoms with E-state index in [1.807, 2.05) is 0 Å². The molecule has 0 aromatic carbocycles. The molecule has 0 aromatic rings. The first kappa shape index (κ1) is 28.1. The van der Waals surface area contributed by atoms with Gasteiger partial charge in [0.15, 0.2) is 0 Å². The summed E-state index contributed by atoms with van der Waals surface area (Å²) in [5, 5.41) is 18.8. The van der Waals surface area contributed by atoms with Crippen LogP contribution in [0.25, 0.3) is 0 Å². The van der Waals surface area contributed by atoms with Crippen molar-refractivity contribution in [3.8, 4) is 0 Å². The van der Waals surface area contributed by atoms with Crippen LogP contribution in [-0.4, -0.2) is 83.2 Å². The number of hydrogen-bond donors (Lipinski definition) is 6. The zero-order valence-corrected chi connectivity index (χ0v) is 20.5. The van der Waals surface area contributed by atoms with Crippen LogP contribution in [0.4, 0.5) is 0 Å². The fourth-order valence-corrected chi connectivity index (χ4v) is 2.12. The van der Waals surface area contributed by atoms with Crippen LogP contribution in [0.3, 0.4) is 0 Å². The molecule has 13 heteroatoms. The second-order valence-corrected chi connectivity index (χ2v) is 7.08. The Kier molecular flexibility index (Phi) is 25.7. The molecule has 0 atom stereocenters. The standard InChI is InChI=1S/C12H28N6O2S4.Zn/c19-23-11(21)17-9-7-15-5-3-13-1-2-14-4-6-16-8-10-18-12(22)24-20;/h13-16,19-20H,1-10H2,(H,17,21)(H,18,22);/q;+2/p-2. The smallest absolute Gasteiger partial charge is 0.793 e. The average Bonchev–Trinajstić information content (AvgIpc) is 2.60. The number of thiocarbonyl (C=S) groups is 2. The van der Waals surface area contributed by atoms with Gasteiger partial charge in [0.1, 0.15) is 8.64 Å².